The Hall–Kier alpha value is -2.06. The lowest BCUT2D eigenvalue weighted by Gasteiger charge is -2.07. The number of rotatable bonds is 4. The SMILES string of the molecule is O=S(=O)(Nc1ncccn1)c1ccc(F)c(CO)c1. The maximum Gasteiger partial charge on any atom is 0.264 e. The van der Waals surface area contributed by atoms with Crippen molar-refractivity contribution in [1.29, 1.82) is 0 Å². The first-order valence-corrected chi connectivity index (χ1v) is 6.70. The van der Waals surface area contributed by atoms with Gasteiger partial charge in [0, 0.05) is 18.0 Å². The predicted octanol–water partition coefficient (Wildman–Crippen LogP) is 0.909. The molecule has 2 N–H and O–H groups in total. The lowest BCUT2D eigenvalue weighted by molar-refractivity contribution is 0.275. The summed E-state index contributed by atoms with van der Waals surface area (Å²) in [6, 6.07) is 4.67. The van der Waals surface area contributed by atoms with Crippen LogP contribution in [0.3, 0.4) is 0 Å². The van der Waals surface area contributed by atoms with Gasteiger partial charge < -0.3 is 5.11 Å². The second-order valence-electron chi connectivity index (χ2n) is 3.59. The smallest absolute Gasteiger partial charge is 0.264 e. The molecule has 0 saturated carbocycles. The molecule has 0 amide bonds. The third-order valence-electron chi connectivity index (χ3n) is 2.29. The van der Waals surface area contributed by atoms with Gasteiger partial charge in [-0.1, -0.05) is 0 Å². The van der Waals surface area contributed by atoms with Crippen LogP contribution in [0.5, 0.6) is 0 Å². The summed E-state index contributed by atoms with van der Waals surface area (Å²) in [4.78, 5) is 7.27. The molecule has 0 atom stereocenters. The quantitative estimate of drug-likeness (QED) is 0.870. The Morgan fingerprint density at radius 2 is 1.95 bits per heavy atom. The topological polar surface area (TPSA) is 92.2 Å². The van der Waals surface area contributed by atoms with Gasteiger partial charge in [0.25, 0.3) is 10.0 Å². The summed E-state index contributed by atoms with van der Waals surface area (Å²) in [7, 11) is -3.92. The lowest BCUT2D eigenvalue weighted by atomic mass is 10.2. The number of aromatic nitrogens is 2. The van der Waals surface area contributed by atoms with E-state index >= 15 is 0 Å². The molecule has 2 rings (SSSR count). The monoisotopic (exact) mass is 283 g/mol. The maximum atomic E-state index is 13.2. The number of sulfonamides is 1. The van der Waals surface area contributed by atoms with Crippen LogP contribution in [0.2, 0.25) is 0 Å². The number of hydrogen-bond donors (Lipinski definition) is 2. The zero-order valence-corrected chi connectivity index (χ0v) is 10.4. The first kappa shape index (κ1) is 13.4. The molecule has 8 heteroatoms. The van der Waals surface area contributed by atoms with Crippen LogP contribution in [-0.2, 0) is 16.6 Å². The van der Waals surface area contributed by atoms with Crippen molar-refractivity contribution in [3.8, 4) is 0 Å². The fourth-order valence-corrected chi connectivity index (χ4v) is 2.38. The summed E-state index contributed by atoms with van der Waals surface area (Å²) in [6.07, 6.45) is 2.77. The predicted molar refractivity (Wildman–Crippen MR) is 65.2 cm³/mol. The number of nitrogens with zero attached hydrogens (tertiary/aromatic N) is 2. The molecule has 0 radical (unpaired) electrons. The van der Waals surface area contributed by atoms with Crippen LogP contribution in [0.15, 0.2) is 41.6 Å². The summed E-state index contributed by atoms with van der Waals surface area (Å²) < 4.78 is 39.3. The normalized spacial score (nSPS) is 11.3. The van der Waals surface area contributed by atoms with Gasteiger partial charge in [0.15, 0.2) is 0 Å². The number of aliphatic hydroxyl groups is 1. The first-order valence-electron chi connectivity index (χ1n) is 5.22. The molecule has 0 aliphatic heterocycles. The van der Waals surface area contributed by atoms with Gasteiger partial charge in [0.1, 0.15) is 5.82 Å². The third-order valence-corrected chi connectivity index (χ3v) is 3.62. The molecule has 0 aliphatic carbocycles. The Labute approximate surface area is 109 Å². The number of nitrogens with one attached hydrogen (secondary N) is 1. The molecule has 1 heterocycles. The summed E-state index contributed by atoms with van der Waals surface area (Å²) in [6.45, 7) is -0.586. The summed E-state index contributed by atoms with van der Waals surface area (Å²) in [5, 5.41) is 8.92. The van der Waals surface area contributed by atoms with E-state index in [0.29, 0.717) is 0 Å². The number of aliphatic hydroxyl groups excluding tert-OH is 1. The molecule has 0 spiro atoms. The summed E-state index contributed by atoms with van der Waals surface area (Å²) in [5.74, 6) is -0.755. The molecule has 2 aromatic rings. The number of hydrogen-bond acceptors (Lipinski definition) is 5. The first-order chi connectivity index (χ1) is 9.03. The summed E-state index contributed by atoms with van der Waals surface area (Å²) >= 11 is 0. The molecule has 100 valence electrons. The highest BCUT2D eigenvalue weighted by Crippen LogP contribution is 2.17. The van der Waals surface area contributed by atoms with Crippen molar-refractivity contribution in [1.82, 2.24) is 9.97 Å². The fourth-order valence-electron chi connectivity index (χ4n) is 1.37. The Bertz CT molecular complexity index is 677. The highest BCUT2D eigenvalue weighted by Gasteiger charge is 2.17. The third kappa shape index (κ3) is 3.04. The average Bonchev–Trinajstić information content (AvgIpc) is 2.39. The van der Waals surface area contributed by atoms with Crippen molar-refractivity contribution in [2.45, 2.75) is 11.5 Å². The number of halogens is 1. The molecular formula is C11H10FN3O3S. The molecule has 0 saturated heterocycles. The van der Waals surface area contributed by atoms with Crippen molar-refractivity contribution < 1.29 is 17.9 Å². The van der Waals surface area contributed by atoms with Gasteiger partial charge in [0.2, 0.25) is 5.95 Å². The van der Waals surface area contributed by atoms with Gasteiger partial charge in [-0.05, 0) is 24.3 Å². The fraction of sp³-hybridized carbons (Fsp3) is 0.0909. The van der Waals surface area contributed by atoms with Gasteiger partial charge >= 0.3 is 0 Å². The lowest BCUT2D eigenvalue weighted by Crippen LogP contribution is -2.15. The van der Waals surface area contributed by atoms with Gasteiger partial charge in [-0.3, -0.25) is 0 Å². The van der Waals surface area contributed by atoms with Crippen LogP contribution < -0.4 is 4.72 Å². The Balaban J connectivity index is 2.35. The number of benzene rings is 1. The van der Waals surface area contributed by atoms with E-state index in [1.807, 2.05) is 0 Å². The van der Waals surface area contributed by atoms with E-state index in [9.17, 15) is 12.8 Å². The van der Waals surface area contributed by atoms with Crippen molar-refractivity contribution >= 4 is 16.0 Å². The van der Waals surface area contributed by atoms with Gasteiger partial charge in [-0.2, -0.15) is 0 Å². The van der Waals surface area contributed by atoms with Gasteiger partial charge in [0.05, 0.1) is 11.5 Å². The highest BCUT2D eigenvalue weighted by molar-refractivity contribution is 7.92. The molecule has 19 heavy (non-hydrogen) atoms. The van der Waals surface area contributed by atoms with E-state index < -0.39 is 22.4 Å². The standard InChI is InChI=1S/C11H10FN3O3S/c12-10-3-2-9(6-8(10)7-16)19(17,18)15-11-13-4-1-5-14-11/h1-6,16H,7H2,(H,13,14,15). The van der Waals surface area contributed by atoms with E-state index in [0.717, 1.165) is 18.2 Å². The van der Waals surface area contributed by atoms with E-state index in [-0.39, 0.29) is 16.4 Å². The molecule has 0 bridgehead atoms. The summed E-state index contributed by atoms with van der Waals surface area (Å²) in [5.41, 5.74) is -0.100. The molecule has 1 aromatic heterocycles. The molecule has 1 aromatic carbocycles. The van der Waals surface area contributed by atoms with Crippen molar-refractivity contribution in [2.24, 2.45) is 0 Å². The Morgan fingerprint density at radius 1 is 1.26 bits per heavy atom. The van der Waals surface area contributed by atoms with Crippen LogP contribution in [-0.4, -0.2) is 23.5 Å². The molecular weight excluding hydrogens is 273 g/mol. The second-order valence-corrected chi connectivity index (χ2v) is 5.27. The Kier molecular flexibility index (Phi) is 3.72. The number of anilines is 1. The van der Waals surface area contributed by atoms with Gasteiger partial charge in [-0.25, -0.2) is 27.5 Å². The van der Waals surface area contributed by atoms with Crippen LogP contribution in [0.4, 0.5) is 10.3 Å². The van der Waals surface area contributed by atoms with E-state index in [2.05, 4.69) is 14.7 Å². The van der Waals surface area contributed by atoms with E-state index in [1.54, 1.807) is 6.07 Å². The van der Waals surface area contributed by atoms with Crippen LogP contribution >= 0.6 is 0 Å². The van der Waals surface area contributed by atoms with E-state index in [1.165, 1.54) is 12.4 Å². The minimum Gasteiger partial charge on any atom is -0.392 e. The van der Waals surface area contributed by atoms with E-state index in [4.69, 9.17) is 5.11 Å². The van der Waals surface area contributed by atoms with Crippen LogP contribution in [0.25, 0.3) is 0 Å². The molecule has 0 unspecified atom stereocenters. The minimum atomic E-state index is -3.92. The maximum absolute atomic E-state index is 13.2. The van der Waals surface area contributed by atoms with Crippen molar-refractivity contribution in [2.75, 3.05) is 4.72 Å². The minimum absolute atomic E-state index is 0.0858. The highest BCUT2D eigenvalue weighted by atomic mass is 32.2. The molecule has 6 nitrogen and oxygen atoms in total. The van der Waals surface area contributed by atoms with Crippen LogP contribution in [0, 0.1) is 5.82 Å². The van der Waals surface area contributed by atoms with Gasteiger partial charge in [-0.15, -0.1) is 0 Å². The molecule has 0 fully saturated rings. The van der Waals surface area contributed by atoms with Crippen molar-refractivity contribution in [3.05, 3.63) is 48.0 Å². The van der Waals surface area contributed by atoms with Crippen molar-refractivity contribution in [3.63, 3.8) is 0 Å². The second kappa shape index (κ2) is 5.29. The zero-order valence-electron chi connectivity index (χ0n) is 9.62. The zero-order chi connectivity index (χ0) is 13.9. The Morgan fingerprint density at radius 3 is 2.58 bits per heavy atom. The average molecular weight is 283 g/mol. The molecule has 0 aliphatic rings. The van der Waals surface area contributed by atoms with Crippen LogP contribution in [0.1, 0.15) is 5.56 Å². The largest absolute Gasteiger partial charge is 0.392 e.